The van der Waals surface area contributed by atoms with Gasteiger partial charge in [0.1, 0.15) is 11.6 Å². The third-order valence-corrected chi connectivity index (χ3v) is 7.90. The molecule has 3 aromatic rings. The van der Waals surface area contributed by atoms with E-state index in [1.54, 1.807) is 12.1 Å². The van der Waals surface area contributed by atoms with E-state index in [1.165, 1.54) is 31.4 Å². The second-order valence-electron chi connectivity index (χ2n) is 8.91. The number of pyridine rings is 2. The SMILES string of the molecule is COc1ccc(Cl)c(-c2nc(CS(=O)(=O)c3cccc(N4CCC[C@H](C)C4)n3)ccc2C(F)(F)F)c1.O=C=O. The second kappa shape index (κ2) is 12.6. The zero-order valence-electron chi connectivity index (χ0n) is 21.0. The Kier molecular flexibility index (Phi) is 9.71. The van der Waals surface area contributed by atoms with Crippen molar-refractivity contribution in [2.24, 2.45) is 5.92 Å². The lowest BCUT2D eigenvalue weighted by Gasteiger charge is -2.32. The topological polar surface area (TPSA) is 107 Å². The Hall–Kier alpha value is -3.47. The number of nitrogens with zero attached hydrogens (tertiary/aromatic N) is 3. The van der Waals surface area contributed by atoms with E-state index in [9.17, 15) is 21.6 Å². The molecule has 1 fully saturated rings. The highest BCUT2D eigenvalue weighted by atomic mass is 35.5. The molecule has 39 heavy (non-hydrogen) atoms. The van der Waals surface area contributed by atoms with E-state index in [1.807, 2.05) is 4.90 Å². The van der Waals surface area contributed by atoms with Crippen molar-refractivity contribution >= 4 is 33.4 Å². The summed E-state index contributed by atoms with van der Waals surface area (Å²) in [6.07, 6.45) is -2.38. The van der Waals surface area contributed by atoms with E-state index in [-0.39, 0.29) is 33.2 Å². The highest BCUT2D eigenvalue weighted by molar-refractivity contribution is 7.90. The summed E-state index contributed by atoms with van der Waals surface area (Å²) < 4.78 is 72.9. The number of halogens is 4. The summed E-state index contributed by atoms with van der Waals surface area (Å²) in [5.41, 5.74) is -1.57. The van der Waals surface area contributed by atoms with Crippen LogP contribution in [0.4, 0.5) is 19.0 Å². The molecule has 3 heterocycles. The monoisotopic (exact) mass is 583 g/mol. The van der Waals surface area contributed by atoms with Gasteiger partial charge in [0.2, 0.25) is 9.84 Å². The van der Waals surface area contributed by atoms with Crippen LogP contribution in [0.1, 0.15) is 31.0 Å². The predicted molar refractivity (Wildman–Crippen MR) is 137 cm³/mol. The first-order valence-electron chi connectivity index (χ1n) is 11.7. The number of carbonyl (C=O) groups excluding carboxylic acids is 2. The number of benzene rings is 1. The zero-order chi connectivity index (χ0) is 28.8. The van der Waals surface area contributed by atoms with Gasteiger partial charge in [0.05, 0.1) is 34.8 Å². The van der Waals surface area contributed by atoms with Crippen LogP contribution in [0.15, 0.2) is 53.6 Å². The number of anilines is 1. The number of alkyl halides is 3. The number of methoxy groups -OCH3 is 1. The van der Waals surface area contributed by atoms with Gasteiger partial charge in [-0.25, -0.2) is 13.4 Å². The van der Waals surface area contributed by atoms with Gasteiger partial charge in [-0.3, -0.25) is 4.98 Å². The van der Waals surface area contributed by atoms with Crippen molar-refractivity contribution in [3.05, 3.63) is 64.8 Å². The van der Waals surface area contributed by atoms with Crippen LogP contribution in [0, 0.1) is 5.92 Å². The maximum Gasteiger partial charge on any atom is 0.418 e. The average Bonchev–Trinajstić information content (AvgIpc) is 2.88. The molecule has 0 bridgehead atoms. The van der Waals surface area contributed by atoms with E-state index in [0.29, 0.717) is 11.7 Å². The second-order valence-corrected chi connectivity index (χ2v) is 11.3. The summed E-state index contributed by atoms with van der Waals surface area (Å²) in [7, 11) is -2.62. The van der Waals surface area contributed by atoms with Crippen molar-refractivity contribution in [3.8, 4) is 17.0 Å². The molecule has 2 aromatic heterocycles. The molecule has 1 saturated heterocycles. The van der Waals surface area contributed by atoms with Gasteiger partial charge in [0, 0.05) is 18.7 Å². The van der Waals surface area contributed by atoms with E-state index >= 15 is 0 Å². The highest BCUT2D eigenvalue weighted by Gasteiger charge is 2.35. The van der Waals surface area contributed by atoms with Crippen LogP contribution in [-0.2, 0) is 31.4 Å². The molecule has 1 aliphatic heterocycles. The van der Waals surface area contributed by atoms with Crippen LogP contribution >= 0.6 is 11.6 Å². The van der Waals surface area contributed by atoms with E-state index < -0.39 is 33.0 Å². The number of hydrogen-bond acceptors (Lipinski definition) is 8. The third kappa shape index (κ3) is 7.56. The van der Waals surface area contributed by atoms with E-state index in [0.717, 1.165) is 38.1 Å². The fourth-order valence-corrected chi connectivity index (χ4v) is 5.67. The molecule has 1 aromatic carbocycles. The maximum atomic E-state index is 13.8. The number of sulfone groups is 1. The molecule has 1 aliphatic rings. The number of aromatic nitrogens is 2. The zero-order valence-corrected chi connectivity index (χ0v) is 22.6. The van der Waals surface area contributed by atoms with Crippen molar-refractivity contribution in [3.63, 3.8) is 0 Å². The fourth-order valence-electron chi connectivity index (χ4n) is 4.25. The smallest absolute Gasteiger partial charge is 0.418 e. The van der Waals surface area contributed by atoms with E-state index in [2.05, 4.69) is 16.9 Å². The van der Waals surface area contributed by atoms with Gasteiger partial charge in [-0.05, 0) is 61.2 Å². The Morgan fingerprint density at radius 2 is 1.85 bits per heavy atom. The lowest BCUT2D eigenvalue weighted by Crippen LogP contribution is -2.35. The molecule has 0 amide bonds. The first-order chi connectivity index (χ1) is 18.4. The average molecular weight is 584 g/mol. The Balaban J connectivity index is 0.00000134. The maximum absolute atomic E-state index is 13.8. The van der Waals surface area contributed by atoms with Crippen LogP contribution in [0.3, 0.4) is 0 Å². The summed E-state index contributed by atoms with van der Waals surface area (Å²) in [6.45, 7) is 3.70. The van der Waals surface area contributed by atoms with Gasteiger partial charge >= 0.3 is 12.3 Å². The van der Waals surface area contributed by atoms with Gasteiger partial charge in [-0.2, -0.15) is 22.8 Å². The minimum atomic E-state index is -4.73. The van der Waals surface area contributed by atoms with Gasteiger partial charge in [-0.1, -0.05) is 24.6 Å². The van der Waals surface area contributed by atoms with Crippen molar-refractivity contribution in [1.82, 2.24) is 9.97 Å². The molecule has 13 heteroatoms. The molecular formula is C26H25ClF3N3O5S. The highest BCUT2D eigenvalue weighted by Crippen LogP contribution is 2.40. The predicted octanol–water partition coefficient (Wildman–Crippen LogP) is 5.45. The van der Waals surface area contributed by atoms with Crippen LogP contribution in [0.25, 0.3) is 11.3 Å². The Morgan fingerprint density at radius 1 is 1.13 bits per heavy atom. The van der Waals surface area contributed by atoms with Crippen molar-refractivity contribution in [1.29, 1.82) is 0 Å². The minimum absolute atomic E-state index is 0.0121. The van der Waals surface area contributed by atoms with Gasteiger partial charge in [0.15, 0.2) is 5.03 Å². The quantitative estimate of drug-likeness (QED) is 0.377. The normalized spacial score (nSPS) is 15.6. The van der Waals surface area contributed by atoms with E-state index in [4.69, 9.17) is 25.9 Å². The largest absolute Gasteiger partial charge is 0.497 e. The van der Waals surface area contributed by atoms with Gasteiger partial charge < -0.3 is 9.64 Å². The molecule has 0 radical (unpaired) electrons. The molecule has 4 rings (SSSR count). The van der Waals surface area contributed by atoms with Gasteiger partial charge in [-0.15, -0.1) is 0 Å². The first-order valence-corrected chi connectivity index (χ1v) is 13.8. The van der Waals surface area contributed by atoms with Crippen LogP contribution in [-0.4, -0.2) is 44.7 Å². The molecule has 0 spiro atoms. The van der Waals surface area contributed by atoms with Crippen molar-refractivity contribution < 1.29 is 35.9 Å². The molecule has 208 valence electrons. The number of piperidine rings is 1. The third-order valence-electron chi connectivity index (χ3n) is 6.03. The Labute approximate surface area is 228 Å². The van der Waals surface area contributed by atoms with Crippen molar-refractivity contribution in [2.45, 2.75) is 36.7 Å². The van der Waals surface area contributed by atoms with Crippen LogP contribution < -0.4 is 9.64 Å². The Bertz CT molecular complexity index is 1460. The molecule has 0 aliphatic carbocycles. The minimum Gasteiger partial charge on any atom is -0.497 e. The first kappa shape index (κ1) is 30.1. The van der Waals surface area contributed by atoms with Gasteiger partial charge in [0.25, 0.3) is 0 Å². The molecule has 8 nitrogen and oxygen atoms in total. The van der Waals surface area contributed by atoms with Crippen LogP contribution in [0.5, 0.6) is 5.75 Å². The molecular weight excluding hydrogens is 559 g/mol. The fraction of sp³-hybridized carbons (Fsp3) is 0.346. The summed E-state index contributed by atoms with van der Waals surface area (Å²) in [4.78, 5) is 26.8. The molecule has 0 N–H and O–H groups in total. The number of ether oxygens (including phenoxy) is 1. The van der Waals surface area contributed by atoms with Crippen molar-refractivity contribution in [2.75, 3.05) is 25.1 Å². The number of rotatable bonds is 6. The number of hydrogen-bond donors (Lipinski definition) is 0. The molecule has 1 atom stereocenters. The summed E-state index contributed by atoms with van der Waals surface area (Å²) in [6, 6.07) is 10.9. The Morgan fingerprint density at radius 3 is 2.49 bits per heavy atom. The molecule has 0 unspecified atom stereocenters. The summed E-state index contributed by atoms with van der Waals surface area (Å²) in [5, 5.41) is -0.125. The molecule has 0 saturated carbocycles. The lowest BCUT2D eigenvalue weighted by atomic mass is 10.0. The summed E-state index contributed by atoms with van der Waals surface area (Å²) >= 11 is 6.20. The standard InChI is InChI=1S/C25H25ClF3N3O3S.CO2/c1-16-5-4-12-32(14-16)22-6-3-7-23(31-22)36(33,34)15-17-8-10-20(25(27,28)29)24(30-17)19-13-18(35-2)9-11-21(19)26;2-1-3/h3,6-11,13,16H,4-5,12,14-15H2,1-2H3;/t16-;/m0./s1. The van der Waals surface area contributed by atoms with Crippen LogP contribution in [0.2, 0.25) is 5.02 Å². The lowest BCUT2D eigenvalue weighted by molar-refractivity contribution is -0.191. The summed E-state index contributed by atoms with van der Waals surface area (Å²) in [5.74, 6) is 0.702.